The molecule has 0 saturated heterocycles. The monoisotopic (exact) mass is 167 g/mol. The lowest BCUT2D eigenvalue weighted by atomic mass is 9.60. The van der Waals surface area contributed by atoms with Gasteiger partial charge in [0.2, 0.25) is 0 Å². The van der Waals surface area contributed by atoms with Crippen molar-refractivity contribution < 1.29 is 0 Å². The molecule has 0 rings (SSSR count). The molecule has 0 bridgehead atoms. The highest BCUT2D eigenvalue weighted by molar-refractivity contribution is 6.76. The second-order valence-electron chi connectivity index (χ2n) is 4.06. The van der Waals surface area contributed by atoms with Crippen LogP contribution < -0.4 is 0 Å². The largest absolute Gasteiger partial charge is 0.302 e. The molecule has 0 saturated carbocycles. The lowest BCUT2D eigenvalue weighted by molar-refractivity contribution is 0.765. The topological polar surface area (TPSA) is 12.4 Å². The van der Waals surface area contributed by atoms with Gasteiger partial charge in [0.1, 0.15) is 0 Å². The van der Waals surface area contributed by atoms with E-state index in [2.05, 4.69) is 39.6 Å². The second kappa shape index (κ2) is 6.27. The van der Waals surface area contributed by atoms with Gasteiger partial charge in [0.15, 0.2) is 7.28 Å². The van der Waals surface area contributed by atoms with Gasteiger partial charge < -0.3 is 4.99 Å². The zero-order valence-corrected chi connectivity index (χ0v) is 9.22. The number of aliphatic imine (C=N–C) groups is 1. The fourth-order valence-electron chi connectivity index (χ4n) is 1.59. The molecule has 70 valence electrons. The maximum absolute atomic E-state index is 4.52. The van der Waals surface area contributed by atoms with Crippen LogP contribution >= 0.6 is 0 Å². The lowest BCUT2D eigenvalue weighted by Gasteiger charge is -2.08. The van der Waals surface area contributed by atoms with Gasteiger partial charge in [-0.1, -0.05) is 32.5 Å². The summed E-state index contributed by atoms with van der Waals surface area (Å²) < 4.78 is 0. The van der Waals surface area contributed by atoms with Crippen molar-refractivity contribution in [2.75, 3.05) is 0 Å². The van der Waals surface area contributed by atoms with Crippen LogP contribution in [0.25, 0.3) is 0 Å². The molecule has 0 aliphatic heterocycles. The number of nitrogens with zero attached hydrogens (tertiary/aromatic N) is 1. The minimum absolute atomic E-state index is 0.457. The van der Waals surface area contributed by atoms with Crippen LogP contribution in [0.3, 0.4) is 0 Å². The molecule has 0 fully saturated rings. The molecular weight excluding hydrogens is 145 g/mol. The van der Waals surface area contributed by atoms with Crippen LogP contribution in [0.2, 0.25) is 5.82 Å². The highest BCUT2D eigenvalue weighted by Gasteiger charge is 2.05. The summed E-state index contributed by atoms with van der Waals surface area (Å²) in [5.74, 6) is 0.803. The van der Waals surface area contributed by atoms with Crippen molar-refractivity contribution in [3.8, 4) is 0 Å². The van der Waals surface area contributed by atoms with E-state index in [-0.39, 0.29) is 0 Å². The highest BCUT2D eigenvalue weighted by Crippen LogP contribution is 2.10. The molecule has 0 radical (unpaired) electrons. The predicted molar refractivity (Wildman–Crippen MR) is 59.7 cm³/mol. The Morgan fingerprint density at radius 1 is 1.33 bits per heavy atom. The molecular formula is C10H22BN. The molecule has 0 heterocycles. The van der Waals surface area contributed by atoms with Gasteiger partial charge in [-0.05, 0) is 26.4 Å². The van der Waals surface area contributed by atoms with Gasteiger partial charge >= 0.3 is 0 Å². The molecule has 0 aromatic rings. The summed E-state index contributed by atoms with van der Waals surface area (Å²) >= 11 is 0. The van der Waals surface area contributed by atoms with Crippen LogP contribution in [0, 0.1) is 0 Å². The zero-order valence-electron chi connectivity index (χ0n) is 9.22. The summed E-state index contributed by atoms with van der Waals surface area (Å²) in [6.07, 6.45) is 2.61. The molecule has 0 spiro atoms. The first kappa shape index (κ1) is 11.7. The van der Waals surface area contributed by atoms with E-state index in [1.165, 1.54) is 25.7 Å². The van der Waals surface area contributed by atoms with Crippen molar-refractivity contribution in [3.63, 3.8) is 0 Å². The number of hydrogen-bond donors (Lipinski definition) is 0. The zero-order chi connectivity index (χ0) is 9.56. The quantitative estimate of drug-likeness (QED) is 0.441. The smallest absolute Gasteiger partial charge is 0.178 e. The Morgan fingerprint density at radius 3 is 2.33 bits per heavy atom. The van der Waals surface area contributed by atoms with Crippen LogP contribution in [-0.4, -0.2) is 18.9 Å². The van der Waals surface area contributed by atoms with E-state index in [9.17, 15) is 0 Å². The standard InChI is InChI=1S/C10H22BN/c1-6-7-9(4)11-10(5)12-8(2)3/h8-9,11H,6-7H2,1-5H3/b12-10+. The summed E-state index contributed by atoms with van der Waals surface area (Å²) in [4.78, 5) is 4.52. The molecule has 0 aromatic heterocycles. The van der Waals surface area contributed by atoms with Crippen molar-refractivity contribution >= 4 is 12.9 Å². The lowest BCUT2D eigenvalue weighted by Crippen LogP contribution is -2.12. The first-order valence-corrected chi connectivity index (χ1v) is 5.09. The Balaban J connectivity index is 3.74. The summed E-state index contributed by atoms with van der Waals surface area (Å²) in [5, 5.41) is 0. The van der Waals surface area contributed by atoms with Crippen LogP contribution in [0.5, 0.6) is 0 Å². The summed E-state index contributed by atoms with van der Waals surface area (Å²) in [7, 11) is 1.17. The normalized spacial score (nSPS) is 15.0. The number of hydrogen-bond acceptors (Lipinski definition) is 1. The first-order chi connectivity index (χ1) is 5.56. The van der Waals surface area contributed by atoms with Crippen molar-refractivity contribution in [3.05, 3.63) is 0 Å². The third kappa shape index (κ3) is 6.45. The molecule has 0 aliphatic rings. The molecule has 0 N–H and O–H groups in total. The highest BCUT2D eigenvalue weighted by atomic mass is 14.7. The average Bonchev–Trinajstić information content (AvgIpc) is 1.84. The molecule has 0 aromatic carbocycles. The van der Waals surface area contributed by atoms with Gasteiger partial charge in [0.25, 0.3) is 0 Å². The first-order valence-electron chi connectivity index (χ1n) is 5.09. The predicted octanol–water partition coefficient (Wildman–Crippen LogP) is 2.86. The van der Waals surface area contributed by atoms with Gasteiger partial charge in [0.05, 0.1) is 0 Å². The SMILES string of the molecule is CCCC(C)B/C(C)=N/C(C)C. The van der Waals surface area contributed by atoms with Crippen molar-refractivity contribution in [1.29, 1.82) is 0 Å². The van der Waals surface area contributed by atoms with Crippen LogP contribution in [-0.2, 0) is 0 Å². The van der Waals surface area contributed by atoms with E-state index in [0.717, 1.165) is 5.82 Å². The van der Waals surface area contributed by atoms with E-state index >= 15 is 0 Å². The maximum Gasteiger partial charge on any atom is 0.178 e. The minimum Gasteiger partial charge on any atom is -0.302 e. The summed E-state index contributed by atoms with van der Waals surface area (Å²) in [5.41, 5.74) is 1.31. The fraction of sp³-hybridized carbons (Fsp3) is 0.900. The van der Waals surface area contributed by atoms with E-state index < -0.39 is 0 Å². The Morgan fingerprint density at radius 2 is 1.92 bits per heavy atom. The average molecular weight is 167 g/mol. The minimum atomic E-state index is 0.457. The fourth-order valence-corrected chi connectivity index (χ4v) is 1.59. The Kier molecular flexibility index (Phi) is 6.13. The third-order valence-electron chi connectivity index (χ3n) is 1.90. The Bertz CT molecular complexity index is 141. The van der Waals surface area contributed by atoms with Gasteiger partial charge in [-0.3, -0.25) is 0 Å². The van der Waals surface area contributed by atoms with E-state index in [1.807, 2.05) is 0 Å². The van der Waals surface area contributed by atoms with Crippen molar-refractivity contribution in [2.45, 2.75) is 59.3 Å². The van der Waals surface area contributed by atoms with E-state index in [4.69, 9.17) is 0 Å². The van der Waals surface area contributed by atoms with Gasteiger partial charge in [-0.2, -0.15) is 0 Å². The Labute approximate surface area is 77.9 Å². The van der Waals surface area contributed by atoms with Gasteiger partial charge in [0, 0.05) is 6.04 Å². The summed E-state index contributed by atoms with van der Waals surface area (Å²) in [6, 6.07) is 0.457. The maximum atomic E-state index is 4.52. The summed E-state index contributed by atoms with van der Waals surface area (Å²) in [6.45, 7) is 11.0. The molecule has 0 aliphatic carbocycles. The van der Waals surface area contributed by atoms with Crippen LogP contribution in [0.15, 0.2) is 4.99 Å². The van der Waals surface area contributed by atoms with E-state index in [0.29, 0.717) is 6.04 Å². The van der Waals surface area contributed by atoms with Crippen LogP contribution in [0.1, 0.15) is 47.5 Å². The van der Waals surface area contributed by atoms with Crippen molar-refractivity contribution in [2.24, 2.45) is 4.99 Å². The van der Waals surface area contributed by atoms with Crippen molar-refractivity contribution in [1.82, 2.24) is 0 Å². The number of rotatable bonds is 5. The Hall–Kier alpha value is -0.265. The molecule has 1 unspecified atom stereocenters. The van der Waals surface area contributed by atoms with E-state index in [1.54, 1.807) is 0 Å². The second-order valence-corrected chi connectivity index (χ2v) is 4.06. The third-order valence-corrected chi connectivity index (χ3v) is 1.90. The molecule has 0 amide bonds. The van der Waals surface area contributed by atoms with Gasteiger partial charge in [-0.25, -0.2) is 0 Å². The molecule has 1 atom stereocenters. The van der Waals surface area contributed by atoms with Crippen LogP contribution in [0.4, 0.5) is 0 Å². The molecule has 12 heavy (non-hydrogen) atoms. The molecule has 1 nitrogen and oxygen atoms in total. The molecule has 2 heteroatoms. The van der Waals surface area contributed by atoms with Gasteiger partial charge in [-0.15, -0.1) is 0 Å².